The highest BCUT2D eigenvalue weighted by atomic mass is 32.1. The highest BCUT2D eigenvalue weighted by Gasteiger charge is 2.22. The predicted molar refractivity (Wildman–Crippen MR) is 211 cm³/mol. The van der Waals surface area contributed by atoms with E-state index in [4.69, 9.17) is 15.7 Å². The Bertz CT molecular complexity index is 2600. The smallest absolute Gasteiger partial charge is 0.286 e. The summed E-state index contributed by atoms with van der Waals surface area (Å²) in [6.07, 6.45) is 4.83. The molecule has 0 fully saturated rings. The summed E-state index contributed by atoms with van der Waals surface area (Å²) < 4.78 is 30.0. The number of hydrogen-bond donors (Lipinski definition) is 1. The van der Waals surface area contributed by atoms with Crippen molar-refractivity contribution in [3.8, 4) is 22.5 Å². The third-order valence-corrected chi connectivity index (χ3v) is 10.5. The van der Waals surface area contributed by atoms with E-state index in [0.717, 1.165) is 62.7 Å². The Morgan fingerprint density at radius 1 is 0.685 bits per heavy atom. The van der Waals surface area contributed by atoms with E-state index in [1.54, 1.807) is 34.7 Å². The molecular weight excluding hydrogens is 731 g/mol. The number of benzene rings is 2. The molecule has 2 aromatic carbocycles. The normalized spacial score (nSPS) is 11.1. The van der Waals surface area contributed by atoms with E-state index < -0.39 is 4.92 Å². The fourth-order valence-corrected chi connectivity index (χ4v) is 7.59. The molecule has 8 aromatic rings. The van der Waals surface area contributed by atoms with Gasteiger partial charge in [0.25, 0.3) is 5.69 Å². The van der Waals surface area contributed by atoms with Crippen molar-refractivity contribution in [3.63, 3.8) is 0 Å². The maximum Gasteiger partial charge on any atom is 0.286 e. The fourth-order valence-electron chi connectivity index (χ4n) is 5.98. The molecule has 0 saturated heterocycles. The van der Waals surface area contributed by atoms with Crippen molar-refractivity contribution in [1.29, 1.82) is 0 Å². The summed E-state index contributed by atoms with van der Waals surface area (Å²) in [4.78, 5) is 33.3. The molecule has 0 saturated carbocycles. The number of imidazole rings is 2. The van der Waals surface area contributed by atoms with E-state index in [-0.39, 0.29) is 17.3 Å². The number of aromatic nitrogens is 6. The molecule has 6 heterocycles. The van der Waals surface area contributed by atoms with Gasteiger partial charge in [-0.1, -0.05) is 13.8 Å². The topological polar surface area (TPSA) is 136 Å². The Balaban J connectivity index is 0.000000167. The molecule has 0 aliphatic heterocycles. The van der Waals surface area contributed by atoms with Crippen LogP contribution >= 0.6 is 22.7 Å². The lowest BCUT2D eigenvalue weighted by atomic mass is 10.2. The number of aryl methyl sites for hydroxylation is 2. The second-order valence-corrected chi connectivity index (χ2v) is 13.9. The molecule has 8 rings (SSSR count). The molecule has 16 heteroatoms. The number of nitro groups is 1. The van der Waals surface area contributed by atoms with Gasteiger partial charge in [-0.2, -0.15) is 0 Å². The van der Waals surface area contributed by atoms with Gasteiger partial charge in [-0.3, -0.25) is 18.9 Å². The molecule has 12 nitrogen and oxygen atoms in total. The van der Waals surface area contributed by atoms with Crippen LogP contribution in [0.3, 0.4) is 0 Å². The molecule has 0 radical (unpaired) electrons. The third-order valence-electron chi connectivity index (χ3n) is 8.69. The van der Waals surface area contributed by atoms with E-state index in [1.807, 2.05) is 64.3 Å². The SMILES string of the molecule is CCc1nc2ccc(N)cn2c1N(C)c1nc(-c2ccc(F)cc2)cs1.CCc1nc2ccc([N+](=O)[O-])cn2c1N(C)c1nc(-c2ccc(F)cc2)cs1. The Hall–Kier alpha value is -6.26. The van der Waals surface area contributed by atoms with Crippen molar-refractivity contribution in [2.75, 3.05) is 29.6 Å². The quantitative estimate of drug-likeness (QED) is 0.113. The maximum absolute atomic E-state index is 13.2. The Kier molecular flexibility index (Phi) is 10.0. The zero-order valence-electron chi connectivity index (χ0n) is 29.6. The molecule has 0 spiro atoms. The molecule has 0 unspecified atom stereocenters. The van der Waals surface area contributed by atoms with Crippen LogP contribution in [0.15, 0.2) is 96.0 Å². The van der Waals surface area contributed by atoms with Crippen LogP contribution in [0.4, 0.5) is 42.1 Å². The zero-order valence-corrected chi connectivity index (χ0v) is 31.3. The van der Waals surface area contributed by atoms with Crippen molar-refractivity contribution in [2.24, 2.45) is 0 Å². The van der Waals surface area contributed by atoms with E-state index in [1.165, 1.54) is 59.2 Å². The predicted octanol–water partition coefficient (Wildman–Crippen LogP) is 9.34. The van der Waals surface area contributed by atoms with Crippen LogP contribution in [-0.4, -0.2) is 47.8 Å². The Morgan fingerprint density at radius 2 is 1.13 bits per heavy atom. The Labute approximate surface area is 316 Å². The second-order valence-electron chi connectivity index (χ2n) is 12.2. The van der Waals surface area contributed by atoms with Gasteiger partial charge in [0, 0.05) is 53.9 Å². The zero-order chi connectivity index (χ0) is 38.1. The van der Waals surface area contributed by atoms with Crippen LogP contribution in [0.25, 0.3) is 33.8 Å². The summed E-state index contributed by atoms with van der Waals surface area (Å²) in [7, 11) is 3.83. The number of rotatable bonds is 9. The number of halogens is 2. The Morgan fingerprint density at radius 3 is 1.57 bits per heavy atom. The minimum absolute atomic E-state index is 0.00616. The molecule has 0 bridgehead atoms. The van der Waals surface area contributed by atoms with Gasteiger partial charge in [0.2, 0.25) is 0 Å². The van der Waals surface area contributed by atoms with Gasteiger partial charge in [0.05, 0.1) is 33.9 Å². The monoisotopic (exact) mass is 764 g/mol. The van der Waals surface area contributed by atoms with Gasteiger partial charge >= 0.3 is 0 Å². The van der Waals surface area contributed by atoms with Crippen molar-refractivity contribution in [3.05, 3.63) is 129 Å². The van der Waals surface area contributed by atoms with Gasteiger partial charge in [0.15, 0.2) is 10.3 Å². The molecule has 6 aromatic heterocycles. The van der Waals surface area contributed by atoms with Gasteiger partial charge < -0.3 is 15.5 Å². The summed E-state index contributed by atoms with van der Waals surface area (Å²) in [5.41, 5.74) is 13.2. The lowest BCUT2D eigenvalue weighted by molar-refractivity contribution is -0.385. The van der Waals surface area contributed by atoms with E-state index in [9.17, 15) is 18.9 Å². The molecule has 0 aliphatic rings. The molecular formula is C38H34F2N10O2S2. The molecule has 274 valence electrons. The average Bonchev–Trinajstić information content (AvgIpc) is 3.99. The highest BCUT2D eigenvalue weighted by molar-refractivity contribution is 7.14. The number of nitrogens with zero attached hydrogens (tertiary/aromatic N) is 9. The summed E-state index contributed by atoms with van der Waals surface area (Å²) in [5, 5.41) is 16.6. The van der Waals surface area contributed by atoms with Gasteiger partial charge in [0.1, 0.15) is 34.6 Å². The number of anilines is 5. The first kappa shape index (κ1) is 36.1. The number of pyridine rings is 2. The first-order chi connectivity index (χ1) is 26.0. The minimum atomic E-state index is -0.426. The number of nitrogen functional groups attached to an aromatic ring is 1. The molecule has 2 N–H and O–H groups in total. The first-order valence-electron chi connectivity index (χ1n) is 16.9. The van der Waals surface area contributed by atoms with Crippen LogP contribution in [0, 0.1) is 21.7 Å². The molecule has 0 atom stereocenters. The van der Waals surface area contributed by atoms with Crippen LogP contribution in [0.1, 0.15) is 25.2 Å². The van der Waals surface area contributed by atoms with Crippen molar-refractivity contribution in [1.82, 2.24) is 28.7 Å². The van der Waals surface area contributed by atoms with E-state index in [0.29, 0.717) is 22.9 Å². The number of hydrogen-bond acceptors (Lipinski definition) is 11. The van der Waals surface area contributed by atoms with Crippen molar-refractivity contribution in [2.45, 2.75) is 26.7 Å². The second kappa shape index (κ2) is 15.0. The van der Waals surface area contributed by atoms with Gasteiger partial charge in [-0.05, 0) is 79.6 Å². The average molecular weight is 765 g/mol. The number of fused-ring (bicyclic) bond motifs is 2. The summed E-state index contributed by atoms with van der Waals surface area (Å²) in [6.45, 7) is 4.06. The molecule has 0 aliphatic carbocycles. The van der Waals surface area contributed by atoms with Crippen molar-refractivity contribution >= 4 is 67.2 Å². The van der Waals surface area contributed by atoms with E-state index in [2.05, 4.69) is 16.9 Å². The van der Waals surface area contributed by atoms with Crippen LogP contribution in [0.5, 0.6) is 0 Å². The summed E-state index contributed by atoms with van der Waals surface area (Å²) in [6, 6.07) is 19.4. The standard InChI is InChI=1S/C19H16FN5O2S.C19H18FN5S/c1-3-15-18(24-10-14(25(26)27)8-9-17(24)21-15)23(2)19-22-16(11-28-19)12-4-6-13(20)7-5-12;1-3-15-18(25-10-14(21)8-9-17(25)22-15)24(2)19-23-16(11-26-19)12-4-6-13(20)7-5-12/h4-11H,3H2,1-2H3;4-11H,3,21H2,1-2H3. The highest BCUT2D eigenvalue weighted by Crippen LogP contribution is 2.36. The lowest BCUT2D eigenvalue weighted by Crippen LogP contribution is -2.13. The van der Waals surface area contributed by atoms with Gasteiger partial charge in [-0.15, -0.1) is 22.7 Å². The van der Waals surface area contributed by atoms with Crippen LogP contribution in [0.2, 0.25) is 0 Å². The lowest BCUT2D eigenvalue weighted by Gasteiger charge is -2.17. The first-order valence-corrected chi connectivity index (χ1v) is 18.6. The van der Waals surface area contributed by atoms with Crippen LogP contribution in [-0.2, 0) is 12.8 Å². The number of nitrogens with two attached hydrogens (primary N) is 1. The fraction of sp³-hybridized carbons (Fsp3) is 0.158. The largest absolute Gasteiger partial charge is 0.398 e. The number of thiazole rings is 2. The molecule has 54 heavy (non-hydrogen) atoms. The minimum Gasteiger partial charge on any atom is -0.398 e. The third kappa shape index (κ3) is 7.08. The van der Waals surface area contributed by atoms with Crippen molar-refractivity contribution < 1.29 is 13.7 Å². The van der Waals surface area contributed by atoms with Crippen LogP contribution < -0.4 is 15.5 Å². The van der Waals surface area contributed by atoms with Gasteiger partial charge in [-0.25, -0.2) is 28.7 Å². The summed E-state index contributed by atoms with van der Waals surface area (Å²) >= 11 is 2.97. The maximum atomic E-state index is 13.2. The van der Waals surface area contributed by atoms with E-state index >= 15 is 0 Å². The molecule has 0 amide bonds. The summed E-state index contributed by atoms with van der Waals surface area (Å²) in [5.74, 6) is 1.14.